The van der Waals surface area contributed by atoms with Gasteiger partial charge in [-0.05, 0) is 88.2 Å². The fraction of sp³-hybridized carbons (Fsp3) is 0.333. The first-order valence-electron chi connectivity index (χ1n) is 15.9. The van der Waals surface area contributed by atoms with Crippen molar-refractivity contribution in [3.63, 3.8) is 0 Å². The molecule has 2 aliphatic rings. The van der Waals surface area contributed by atoms with Crippen molar-refractivity contribution in [3.05, 3.63) is 78.5 Å². The molecule has 2 aliphatic heterocycles. The van der Waals surface area contributed by atoms with Crippen LogP contribution >= 0.6 is 0 Å². The van der Waals surface area contributed by atoms with Gasteiger partial charge in [-0.25, -0.2) is 14.8 Å². The lowest BCUT2D eigenvalue weighted by molar-refractivity contribution is 0.0219. The summed E-state index contributed by atoms with van der Waals surface area (Å²) in [5, 5.41) is 5.77. The van der Waals surface area contributed by atoms with Gasteiger partial charge in [-0.2, -0.15) is 0 Å². The van der Waals surface area contributed by atoms with Crippen molar-refractivity contribution in [3.8, 4) is 22.4 Å². The number of nitrogens with zero attached hydrogens (tertiary/aromatic N) is 4. The molecule has 0 aliphatic carbocycles. The van der Waals surface area contributed by atoms with Crippen LogP contribution in [0.15, 0.2) is 66.9 Å². The topological polar surface area (TPSA) is 112 Å². The summed E-state index contributed by atoms with van der Waals surface area (Å²) in [6.07, 6.45) is 5.70. The number of rotatable bonds is 4. The van der Waals surface area contributed by atoms with Crippen LogP contribution in [0.1, 0.15) is 70.2 Å². The number of likely N-dealkylation sites (tertiary alicyclic amines) is 1. The third-order valence-corrected chi connectivity index (χ3v) is 8.97. The van der Waals surface area contributed by atoms with Crippen molar-refractivity contribution in [1.82, 2.24) is 35.1 Å². The van der Waals surface area contributed by atoms with Gasteiger partial charge in [-0.3, -0.25) is 9.88 Å². The van der Waals surface area contributed by atoms with Crippen molar-refractivity contribution in [2.45, 2.75) is 64.1 Å². The second kappa shape index (κ2) is 10.7. The Kier molecular flexibility index (Phi) is 6.60. The predicted molar refractivity (Wildman–Crippen MR) is 177 cm³/mol. The molecule has 6 aromatic rings. The zero-order valence-electron chi connectivity index (χ0n) is 25.9. The van der Waals surface area contributed by atoms with Gasteiger partial charge in [-0.1, -0.05) is 36.4 Å². The number of fused-ring (bicyclic) bond motifs is 3. The molecule has 0 spiro atoms. The predicted octanol–water partition coefficient (Wildman–Crippen LogP) is 7.82. The molecular weight excluding hydrogens is 562 g/mol. The van der Waals surface area contributed by atoms with Crippen LogP contribution in [0.5, 0.6) is 0 Å². The molecule has 3 aromatic heterocycles. The fourth-order valence-electron chi connectivity index (χ4n) is 6.85. The largest absolute Gasteiger partial charge is 0.444 e. The van der Waals surface area contributed by atoms with Crippen LogP contribution in [0.2, 0.25) is 0 Å². The van der Waals surface area contributed by atoms with E-state index in [0.717, 1.165) is 92.7 Å². The Bertz CT molecular complexity index is 2070. The highest BCUT2D eigenvalue weighted by Crippen LogP contribution is 2.37. The molecule has 2 unspecified atom stereocenters. The number of hydrogen-bond acceptors (Lipinski definition) is 6. The van der Waals surface area contributed by atoms with Crippen molar-refractivity contribution in [2.24, 2.45) is 0 Å². The Morgan fingerprint density at radius 3 is 2.60 bits per heavy atom. The maximum atomic E-state index is 12.9. The Morgan fingerprint density at radius 2 is 1.76 bits per heavy atom. The van der Waals surface area contributed by atoms with E-state index in [1.807, 2.05) is 33.0 Å². The number of amides is 1. The van der Waals surface area contributed by atoms with Crippen LogP contribution in [0.4, 0.5) is 4.79 Å². The molecule has 45 heavy (non-hydrogen) atoms. The van der Waals surface area contributed by atoms with E-state index in [4.69, 9.17) is 19.7 Å². The molecule has 3 aromatic carbocycles. The van der Waals surface area contributed by atoms with E-state index in [2.05, 4.69) is 69.9 Å². The van der Waals surface area contributed by atoms with Gasteiger partial charge in [-0.15, -0.1) is 0 Å². The molecule has 2 atom stereocenters. The van der Waals surface area contributed by atoms with E-state index in [9.17, 15) is 4.79 Å². The Hall–Kier alpha value is -4.76. The number of carbonyl (C=O) groups is 1. The number of para-hydroxylation sites is 1. The lowest BCUT2D eigenvalue weighted by Gasteiger charge is -2.27. The summed E-state index contributed by atoms with van der Waals surface area (Å²) >= 11 is 0. The number of H-pyrrole nitrogens is 2. The van der Waals surface area contributed by atoms with Gasteiger partial charge in [0.2, 0.25) is 0 Å². The molecular formula is C36H37N7O2. The summed E-state index contributed by atoms with van der Waals surface area (Å²) in [4.78, 5) is 36.6. The zero-order chi connectivity index (χ0) is 30.7. The van der Waals surface area contributed by atoms with Gasteiger partial charge in [0.1, 0.15) is 17.2 Å². The van der Waals surface area contributed by atoms with Crippen LogP contribution in [0.25, 0.3) is 55.2 Å². The number of ether oxygens (including phenoxy) is 1. The minimum absolute atomic E-state index is 0.133. The summed E-state index contributed by atoms with van der Waals surface area (Å²) < 4.78 is 5.68. The second-order valence-corrected chi connectivity index (χ2v) is 13.3. The number of imidazole rings is 2. The summed E-state index contributed by atoms with van der Waals surface area (Å²) in [6, 6.07) is 21.2. The molecule has 0 bridgehead atoms. The molecule has 1 amide bonds. The van der Waals surface area contributed by atoms with E-state index in [-0.39, 0.29) is 18.2 Å². The Labute approximate surface area is 261 Å². The molecule has 228 valence electrons. The number of aromatic amines is 2. The van der Waals surface area contributed by atoms with Crippen molar-refractivity contribution < 1.29 is 9.53 Å². The number of benzene rings is 3. The van der Waals surface area contributed by atoms with Gasteiger partial charge in [0.05, 0.1) is 39.8 Å². The maximum Gasteiger partial charge on any atom is 0.410 e. The minimum atomic E-state index is -0.541. The highest BCUT2D eigenvalue weighted by atomic mass is 16.6. The van der Waals surface area contributed by atoms with Gasteiger partial charge in [0.15, 0.2) is 0 Å². The number of pyridine rings is 1. The fourth-order valence-corrected chi connectivity index (χ4v) is 6.85. The second-order valence-electron chi connectivity index (χ2n) is 13.3. The minimum Gasteiger partial charge on any atom is -0.444 e. The van der Waals surface area contributed by atoms with Gasteiger partial charge in [0, 0.05) is 29.3 Å². The van der Waals surface area contributed by atoms with Gasteiger partial charge >= 0.3 is 6.09 Å². The molecule has 8 rings (SSSR count). The highest BCUT2D eigenvalue weighted by Gasteiger charge is 2.35. The van der Waals surface area contributed by atoms with Crippen LogP contribution in [0, 0.1) is 0 Å². The molecule has 2 saturated heterocycles. The van der Waals surface area contributed by atoms with Crippen LogP contribution in [0.3, 0.4) is 0 Å². The van der Waals surface area contributed by atoms with Gasteiger partial charge in [0.25, 0.3) is 0 Å². The molecule has 0 radical (unpaired) electrons. The summed E-state index contributed by atoms with van der Waals surface area (Å²) in [6.45, 7) is 7.38. The average molecular weight is 600 g/mol. The first kappa shape index (κ1) is 27.8. The lowest BCUT2D eigenvalue weighted by atomic mass is 9.97. The monoisotopic (exact) mass is 599 g/mol. The van der Waals surface area contributed by atoms with Crippen molar-refractivity contribution in [1.29, 1.82) is 0 Å². The molecule has 5 heterocycles. The lowest BCUT2D eigenvalue weighted by Crippen LogP contribution is -2.36. The number of nitrogens with one attached hydrogen (secondary N) is 3. The summed E-state index contributed by atoms with van der Waals surface area (Å²) in [5.41, 5.74) is 7.41. The van der Waals surface area contributed by atoms with E-state index in [1.54, 1.807) is 4.90 Å². The highest BCUT2D eigenvalue weighted by molar-refractivity contribution is 6.04. The van der Waals surface area contributed by atoms with E-state index < -0.39 is 5.60 Å². The third kappa shape index (κ3) is 5.11. The maximum absolute atomic E-state index is 12.9. The van der Waals surface area contributed by atoms with Crippen LogP contribution in [-0.2, 0) is 4.74 Å². The smallest absolute Gasteiger partial charge is 0.410 e. The normalized spacial score (nSPS) is 18.9. The molecule has 9 nitrogen and oxygen atoms in total. The van der Waals surface area contributed by atoms with Crippen molar-refractivity contribution in [2.75, 3.05) is 13.1 Å². The Balaban J connectivity index is 1.15. The number of hydrogen-bond donors (Lipinski definition) is 3. The quantitative estimate of drug-likeness (QED) is 0.191. The summed E-state index contributed by atoms with van der Waals surface area (Å²) in [7, 11) is 0. The molecule has 0 saturated carbocycles. The van der Waals surface area contributed by atoms with Gasteiger partial charge < -0.3 is 20.0 Å². The SMILES string of the molecule is CC(C)(C)OC(=O)N1CCCC1c1nc2ccc(-c3cc4c(-c5cccc6[nH]c(C7CCCN7)nc56)cccc4cn3)cc2[nH]1. The van der Waals surface area contributed by atoms with E-state index in [1.165, 1.54) is 6.42 Å². The van der Waals surface area contributed by atoms with Crippen molar-refractivity contribution >= 4 is 38.9 Å². The average Bonchev–Trinajstić information content (AvgIpc) is 3.84. The number of carbonyl (C=O) groups excluding carboxylic acids is 1. The van der Waals surface area contributed by atoms with E-state index >= 15 is 0 Å². The first-order valence-corrected chi connectivity index (χ1v) is 15.9. The zero-order valence-corrected chi connectivity index (χ0v) is 25.9. The first-order chi connectivity index (χ1) is 21.8. The Morgan fingerprint density at radius 1 is 0.911 bits per heavy atom. The molecule has 2 fully saturated rings. The van der Waals surface area contributed by atoms with Crippen LogP contribution in [-0.4, -0.2) is 54.6 Å². The standard InChI is InChI=1S/C36H37N7O2/c1-36(2,3)45-35(44)43-17-7-13-31(43)34-39-26-15-14-21(18-30(26)41-34)29-19-25-22(20-38-29)8-4-9-23(25)24-10-5-11-27-32(24)42-33(40-27)28-12-6-16-37-28/h4-5,8-11,14-15,18-20,28,31,37H,6-7,12-13,16-17H2,1-3H3,(H,39,41)(H,40,42). The number of aromatic nitrogens is 5. The summed E-state index contributed by atoms with van der Waals surface area (Å²) in [5.74, 6) is 1.80. The van der Waals surface area contributed by atoms with E-state index in [0.29, 0.717) is 6.54 Å². The molecule has 9 heteroatoms. The molecule has 3 N–H and O–H groups in total. The van der Waals surface area contributed by atoms with Crippen LogP contribution < -0.4 is 5.32 Å². The third-order valence-electron chi connectivity index (χ3n) is 8.97.